The average Bonchev–Trinajstić information content (AvgIpc) is 2.54. The van der Waals surface area contributed by atoms with Gasteiger partial charge in [0, 0.05) is 27.7 Å². The van der Waals surface area contributed by atoms with Crippen molar-refractivity contribution in [2.75, 3.05) is 20.2 Å². The van der Waals surface area contributed by atoms with E-state index in [9.17, 15) is 4.79 Å². The molecule has 0 bridgehead atoms. The van der Waals surface area contributed by atoms with Gasteiger partial charge in [0.05, 0.1) is 6.61 Å². The lowest BCUT2D eigenvalue weighted by Gasteiger charge is -2.30. The smallest absolute Gasteiger partial charge is 0.409 e. The Bertz CT molecular complexity index is 498. The van der Waals surface area contributed by atoms with Crippen LogP contribution in [0.15, 0.2) is 0 Å². The molecule has 1 saturated carbocycles. The molecular weight excluding hydrogens is 364 g/mol. The fourth-order valence-corrected chi connectivity index (χ4v) is 4.16. The van der Waals surface area contributed by atoms with Gasteiger partial charge in [-0.25, -0.2) is 4.79 Å². The zero-order chi connectivity index (χ0) is 19.6. The molecular formula is C18H34N4O2SSi. The third-order valence-electron chi connectivity index (χ3n) is 4.73. The Morgan fingerprint density at radius 2 is 2.00 bits per heavy atom. The zero-order valence-corrected chi connectivity index (χ0v) is 18.5. The van der Waals surface area contributed by atoms with E-state index in [2.05, 4.69) is 30.3 Å². The second-order valence-corrected chi connectivity index (χ2v) is 14.5. The maximum Gasteiger partial charge on any atom is 0.409 e. The van der Waals surface area contributed by atoms with E-state index in [4.69, 9.17) is 22.2 Å². The predicted molar refractivity (Wildman–Crippen MR) is 112 cm³/mol. The summed E-state index contributed by atoms with van der Waals surface area (Å²) in [4.78, 5) is 13.9. The lowest BCUT2D eigenvalue weighted by molar-refractivity contribution is 0.111. The first kappa shape index (κ1) is 22.7. The Balaban J connectivity index is 2.54. The summed E-state index contributed by atoms with van der Waals surface area (Å²) in [7, 11) is 0.542. The maximum atomic E-state index is 12.3. The van der Waals surface area contributed by atoms with Crippen LogP contribution in [0.1, 0.15) is 38.5 Å². The highest BCUT2D eigenvalue weighted by Gasteiger charge is 2.23. The monoisotopic (exact) mass is 398 g/mol. The average molecular weight is 399 g/mol. The van der Waals surface area contributed by atoms with Crippen LogP contribution in [0.2, 0.25) is 25.7 Å². The van der Waals surface area contributed by atoms with Gasteiger partial charge in [-0.1, -0.05) is 51.7 Å². The molecule has 0 saturated heterocycles. The molecule has 1 amide bonds. The van der Waals surface area contributed by atoms with Gasteiger partial charge in [-0.3, -0.25) is 5.32 Å². The van der Waals surface area contributed by atoms with Gasteiger partial charge in [0.15, 0.2) is 11.3 Å². The first-order chi connectivity index (χ1) is 12.2. The fraction of sp³-hybridized carbons (Fsp3) is 0.833. The van der Waals surface area contributed by atoms with Crippen molar-refractivity contribution in [2.45, 2.75) is 70.3 Å². The Morgan fingerprint density at radius 3 is 2.58 bits per heavy atom. The van der Waals surface area contributed by atoms with Crippen LogP contribution < -0.4 is 10.6 Å². The minimum Gasteiger partial charge on any atom is -0.450 e. The predicted octanol–water partition coefficient (Wildman–Crippen LogP) is 3.68. The number of hydrogen-bond donors (Lipinski definition) is 2. The Morgan fingerprint density at radius 1 is 1.35 bits per heavy atom. The molecule has 0 radical (unpaired) electrons. The molecule has 0 aromatic rings. The topological polar surface area (TPSA) is 77.4 Å². The number of thiocarbonyl (C=S) groups is 1. The molecule has 1 unspecified atom stereocenters. The van der Waals surface area contributed by atoms with E-state index in [-0.39, 0.29) is 12.1 Å². The van der Waals surface area contributed by atoms with E-state index in [1.807, 2.05) is 6.19 Å². The number of nitriles is 1. The number of ether oxygens (including phenoxy) is 1. The van der Waals surface area contributed by atoms with Crippen molar-refractivity contribution in [1.29, 1.82) is 5.26 Å². The van der Waals surface area contributed by atoms with Crippen LogP contribution in [0.3, 0.4) is 0 Å². The third-order valence-corrected chi connectivity index (χ3v) is 6.65. The highest BCUT2D eigenvalue weighted by Crippen LogP contribution is 2.27. The fourth-order valence-electron chi connectivity index (χ4n) is 3.24. The second-order valence-electron chi connectivity index (χ2n) is 8.45. The normalized spacial score (nSPS) is 16.3. The third kappa shape index (κ3) is 9.97. The number of likely N-dealkylation sites (N-methyl/N-ethyl adjacent to an activating group) is 1. The van der Waals surface area contributed by atoms with Crippen LogP contribution in [-0.4, -0.2) is 50.4 Å². The quantitative estimate of drug-likeness (QED) is 0.281. The van der Waals surface area contributed by atoms with Crippen molar-refractivity contribution in [3.63, 3.8) is 0 Å². The molecule has 148 valence electrons. The van der Waals surface area contributed by atoms with Crippen molar-refractivity contribution >= 4 is 31.5 Å². The zero-order valence-electron chi connectivity index (χ0n) is 16.6. The molecule has 0 aromatic carbocycles. The van der Waals surface area contributed by atoms with E-state index in [0.717, 1.165) is 12.5 Å². The van der Waals surface area contributed by atoms with Crippen LogP contribution in [0.25, 0.3) is 0 Å². The highest BCUT2D eigenvalue weighted by atomic mass is 32.1. The van der Waals surface area contributed by atoms with Gasteiger partial charge >= 0.3 is 6.09 Å². The van der Waals surface area contributed by atoms with Gasteiger partial charge in [-0.15, -0.1) is 0 Å². The number of nitrogens with one attached hydrogen (secondary N) is 2. The van der Waals surface area contributed by atoms with Gasteiger partial charge in [-0.2, -0.15) is 5.26 Å². The van der Waals surface area contributed by atoms with Crippen LogP contribution >= 0.6 is 12.2 Å². The van der Waals surface area contributed by atoms with Gasteiger partial charge in [0.2, 0.25) is 0 Å². The van der Waals surface area contributed by atoms with Crippen molar-refractivity contribution < 1.29 is 9.53 Å². The summed E-state index contributed by atoms with van der Waals surface area (Å²) >= 11 is 5.15. The standard InChI is InChI=1S/C18H34N4O2SSi/c1-22(18(23)24-10-11-26(2,3)4)13-16(21-17(25)20-14-19)12-15-8-6-5-7-9-15/h15-16H,5-13H2,1-4H3,(H2,20,21,25). The van der Waals surface area contributed by atoms with Crippen LogP contribution in [0.4, 0.5) is 4.79 Å². The Kier molecular flexibility index (Phi) is 9.95. The lowest BCUT2D eigenvalue weighted by atomic mass is 9.84. The van der Waals surface area contributed by atoms with E-state index in [1.165, 1.54) is 32.1 Å². The molecule has 26 heavy (non-hydrogen) atoms. The largest absolute Gasteiger partial charge is 0.450 e. The summed E-state index contributed by atoms with van der Waals surface area (Å²) in [5, 5.41) is 14.7. The van der Waals surface area contributed by atoms with Gasteiger partial charge < -0.3 is 15.0 Å². The molecule has 1 atom stereocenters. The van der Waals surface area contributed by atoms with E-state index in [1.54, 1.807) is 11.9 Å². The lowest BCUT2D eigenvalue weighted by Crippen LogP contribution is -2.48. The number of rotatable bonds is 8. The van der Waals surface area contributed by atoms with Crippen LogP contribution in [-0.2, 0) is 4.74 Å². The number of carbonyl (C=O) groups is 1. The van der Waals surface area contributed by atoms with Gasteiger partial charge in [0.1, 0.15) is 0 Å². The highest BCUT2D eigenvalue weighted by molar-refractivity contribution is 7.80. The molecule has 8 heteroatoms. The molecule has 1 aliphatic rings. The molecule has 0 aromatic heterocycles. The summed E-state index contributed by atoms with van der Waals surface area (Å²) in [6.07, 6.45) is 8.79. The van der Waals surface area contributed by atoms with Crippen LogP contribution in [0.5, 0.6) is 0 Å². The van der Waals surface area contributed by atoms with Crippen LogP contribution in [0, 0.1) is 17.4 Å². The molecule has 2 N–H and O–H groups in total. The van der Waals surface area contributed by atoms with E-state index >= 15 is 0 Å². The molecule has 1 fully saturated rings. The number of amides is 1. The Labute approximate surface area is 164 Å². The van der Waals surface area contributed by atoms with Crippen molar-refractivity contribution in [3.05, 3.63) is 0 Å². The SMILES string of the molecule is CN(CC(CC1CCCCC1)NC(=S)NC#N)C(=O)OCC[Si](C)(C)C. The molecule has 0 heterocycles. The first-order valence-corrected chi connectivity index (χ1v) is 13.7. The van der Waals surface area contributed by atoms with Crippen molar-refractivity contribution in [1.82, 2.24) is 15.5 Å². The Hall–Kier alpha value is -1.33. The summed E-state index contributed by atoms with van der Waals surface area (Å²) in [6.45, 7) is 7.77. The minimum atomic E-state index is -1.22. The minimum absolute atomic E-state index is 0.0148. The number of carbonyl (C=O) groups excluding carboxylic acids is 1. The second kappa shape index (κ2) is 11.4. The number of hydrogen-bond acceptors (Lipinski definition) is 4. The van der Waals surface area contributed by atoms with Gasteiger partial charge in [0.25, 0.3) is 0 Å². The summed E-state index contributed by atoms with van der Waals surface area (Å²) in [5.41, 5.74) is 0. The molecule has 0 spiro atoms. The summed E-state index contributed by atoms with van der Waals surface area (Å²) in [6, 6.07) is 0.980. The first-order valence-electron chi connectivity index (χ1n) is 9.55. The van der Waals surface area contributed by atoms with Gasteiger partial charge in [-0.05, 0) is 30.6 Å². The molecule has 1 aliphatic carbocycles. The molecule has 1 rings (SSSR count). The van der Waals surface area contributed by atoms with E-state index in [0.29, 0.717) is 24.2 Å². The van der Waals surface area contributed by atoms with Crippen molar-refractivity contribution in [3.8, 4) is 6.19 Å². The molecule has 0 aliphatic heterocycles. The van der Waals surface area contributed by atoms with E-state index < -0.39 is 8.07 Å². The summed E-state index contributed by atoms with van der Waals surface area (Å²) in [5.74, 6) is 0.641. The number of nitrogens with zero attached hydrogens (tertiary/aromatic N) is 2. The maximum absolute atomic E-state index is 12.3. The summed E-state index contributed by atoms with van der Waals surface area (Å²) < 4.78 is 5.42. The molecule has 6 nitrogen and oxygen atoms in total. The van der Waals surface area contributed by atoms with Crippen molar-refractivity contribution in [2.24, 2.45) is 5.92 Å².